The third-order valence-corrected chi connectivity index (χ3v) is 3.25. The van der Waals surface area contributed by atoms with E-state index in [1.165, 1.54) is 7.11 Å². The Hall–Kier alpha value is -1.63. The maximum Gasteiger partial charge on any atom is 0.322 e. The van der Waals surface area contributed by atoms with E-state index in [1.54, 1.807) is 4.90 Å². The van der Waals surface area contributed by atoms with Crippen LogP contribution >= 0.6 is 0 Å². The summed E-state index contributed by atoms with van der Waals surface area (Å²) >= 11 is 0. The van der Waals surface area contributed by atoms with Crippen molar-refractivity contribution < 1.29 is 19.1 Å². The molecule has 2 rings (SSSR count). The molecule has 7 nitrogen and oxygen atoms in total. The zero-order chi connectivity index (χ0) is 12.5. The monoisotopic (exact) mass is 241 g/mol. The molecule has 0 unspecified atom stereocenters. The number of hydrogen-bond acceptors (Lipinski definition) is 4. The fourth-order valence-electron chi connectivity index (χ4n) is 2.23. The Morgan fingerprint density at radius 2 is 2.06 bits per heavy atom. The van der Waals surface area contributed by atoms with Crippen LogP contribution in [0.5, 0.6) is 0 Å². The lowest BCUT2D eigenvalue weighted by Gasteiger charge is -2.36. The fourth-order valence-corrected chi connectivity index (χ4v) is 2.23. The number of urea groups is 1. The van der Waals surface area contributed by atoms with E-state index in [2.05, 4.69) is 10.6 Å². The summed E-state index contributed by atoms with van der Waals surface area (Å²) in [5.74, 6) is -0.381. The second kappa shape index (κ2) is 4.33. The van der Waals surface area contributed by atoms with Crippen molar-refractivity contribution in [2.75, 3.05) is 26.8 Å². The van der Waals surface area contributed by atoms with Gasteiger partial charge in [0.15, 0.2) is 0 Å². The summed E-state index contributed by atoms with van der Waals surface area (Å²) in [6, 6.07) is -0.452. The molecule has 0 aliphatic carbocycles. The Labute approximate surface area is 98.5 Å². The lowest BCUT2D eigenvalue weighted by molar-refractivity contribution is -0.139. The van der Waals surface area contributed by atoms with Gasteiger partial charge in [-0.1, -0.05) is 0 Å². The Balaban J connectivity index is 1.96. The van der Waals surface area contributed by atoms with Crippen LogP contribution < -0.4 is 10.6 Å². The standard InChI is InChI=1S/C10H15N3O4/c1-17-6-7(14)13-4-2-10(3-5-13)8(15)11-9(16)12-10/h2-6H2,1H3,(H2,11,12,15,16). The first-order chi connectivity index (χ1) is 8.07. The van der Waals surface area contributed by atoms with E-state index in [1.807, 2.05) is 0 Å². The van der Waals surface area contributed by atoms with Gasteiger partial charge in [-0.2, -0.15) is 0 Å². The van der Waals surface area contributed by atoms with Gasteiger partial charge >= 0.3 is 6.03 Å². The number of nitrogens with zero attached hydrogens (tertiary/aromatic N) is 1. The molecule has 1 spiro atoms. The number of amides is 4. The minimum absolute atomic E-state index is 0.0472. The molecule has 0 saturated carbocycles. The van der Waals surface area contributed by atoms with Gasteiger partial charge in [0.2, 0.25) is 5.91 Å². The van der Waals surface area contributed by atoms with Crippen molar-refractivity contribution in [3.05, 3.63) is 0 Å². The number of piperidine rings is 1. The number of hydrogen-bond donors (Lipinski definition) is 2. The zero-order valence-electron chi connectivity index (χ0n) is 9.62. The second-order valence-corrected chi connectivity index (χ2v) is 4.30. The Bertz CT molecular complexity index is 361. The van der Waals surface area contributed by atoms with Gasteiger partial charge in [-0.3, -0.25) is 14.9 Å². The van der Waals surface area contributed by atoms with Crippen molar-refractivity contribution in [3.8, 4) is 0 Å². The summed E-state index contributed by atoms with van der Waals surface area (Å²) in [7, 11) is 1.47. The highest BCUT2D eigenvalue weighted by molar-refractivity contribution is 6.07. The molecule has 2 N–H and O–H groups in total. The van der Waals surface area contributed by atoms with Gasteiger partial charge in [-0.15, -0.1) is 0 Å². The summed E-state index contributed by atoms with van der Waals surface area (Å²) in [5.41, 5.74) is -0.819. The van der Waals surface area contributed by atoms with Crippen molar-refractivity contribution >= 4 is 17.8 Å². The maximum absolute atomic E-state index is 11.6. The van der Waals surface area contributed by atoms with E-state index in [0.29, 0.717) is 25.9 Å². The predicted octanol–water partition coefficient (Wildman–Crippen LogP) is -1.17. The van der Waals surface area contributed by atoms with Crippen LogP contribution in [-0.2, 0) is 14.3 Å². The molecule has 0 bridgehead atoms. The van der Waals surface area contributed by atoms with Gasteiger partial charge < -0.3 is 15.0 Å². The number of likely N-dealkylation sites (tertiary alicyclic amines) is 1. The lowest BCUT2D eigenvalue weighted by atomic mass is 9.88. The molecular formula is C10H15N3O4. The molecule has 2 aliphatic rings. The number of methoxy groups -OCH3 is 1. The smallest absolute Gasteiger partial charge is 0.322 e. The molecule has 0 aromatic rings. The van der Waals surface area contributed by atoms with E-state index in [0.717, 1.165) is 0 Å². The first-order valence-electron chi connectivity index (χ1n) is 5.48. The number of imide groups is 1. The SMILES string of the molecule is COCC(=O)N1CCC2(CC1)NC(=O)NC2=O. The Morgan fingerprint density at radius 1 is 1.41 bits per heavy atom. The topological polar surface area (TPSA) is 87.7 Å². The van der Waals surface area contributed by atoms with Crippen LogP contribution in [0.3, 0.4) is 0 Å². The van der Waals surface area contributed by atoms with Crippen LogP contribution in [0.1, 0.15) is 12.8 Å². The largest absolute Gasteiger partial charge is 0.375 e. The van der Waals surface area contributed by atoms with Crippen LogP contribution in [0.15, 0.2) is 0 Å². The number of rotatable bonds is 2. The molecule has 2 fully saturated rings. The van der Waals surface area contributed by atoms with Crippen LogP contribution in [0.4, 0.5) is 4.79 Å². The van der Waals surface area contributed by atoms with Crippen molar-refractivity contribution in [1.29, 1.82) is 0 Å². The highest BCUT2D eigenvalue weighted by Crippen LogP contribution is 2.25. The first-order valence-corrected chi connectivity index (χ1v) is 5.48. The highest BCUT2D eigenvalue weighted by atomic mass is 16.5. The van der Waals surface area contributed by atoms with Gasteiger partial charge in [0.1, 0.15) is 12.1 Å². The molecule has 2 aliphatic heterocycles. The summed E-state index contributed by atoms with van der Waals surface area (Å²) in [6.45, 7) is 0.956. The number of ether oxygens (including phenoxy) is 1. The summed E-state index contributed by atoms with van der Waals surface area (Å²) in [4.78, 5) is 35.9. The van der Waals surface area contributed by atoms with Gasteiger partial charge in [-0.05, 0) is 12.8 Å². The van der Waals surface area contributed by atoms with Gasteiger partial charge in [0, 0.05) is 20.2 Å². The van der Waals surface area contributed by atoms with Crippen LogP contribution in [0.2, 0.25) is 0 Å². The average Bonchev–Trinajstić information content (AvgIpc) is 2.55. The molecular weight excluding hydrogens is 226 g/mol. The third-order valence-electron chi connectivity index (χ3n) is 3.25. The molecule has 17 heavy (non-hydrogen) atoms. The first kappa shape index (κ1) is 11.8. The average molecular weight is 241 g/mol. The normalized spacial score (nSPS) is 22.5. The van der Waals surface area contributed by atoms with Crippen molar-refractivity contribution in [2.24, 2.45) is 0 Å². The van der Waals surface area contributed by atoms with Crippen molar-refractivity contribution in [1.82, 2.24) is 15.5 Å². The van der Waals surface area contributed by atoms with Crippen LogP contribution in [0, 0.1) is 0 Å². The van der Waals surface area contributed by atoms with Gasteiger partial charge in [-0.25, -0.2) is 4.79 Å². The number of nitrogens with one attached hydrogen (secondary N) is 2. The van der Waals surface area contributed by atoms with Crippen molar-refractivity contribution in [2.45, 2.75) is 18.4 Å². The van der Waals surface area contributed by atoms with Crippen LogP contribution in [0.25, 0.3) is 0 Å². The third kappa shape index (κ3) is 2.10. The minimum atomic E-state index is -0.819. The van der Waals surface area contributed by atoms with Gasteiger partial charge in [0.25, 0.3) is 5.91 Å². The molecule has 4 amide bonds. The zero-order valence-corrected chi connectivity index (χ0v) is 9.62. The lowest BCUT2D eigenvalue weighted by Crippen LogP contribution is -2.56. The molecule has 0 aromatic carbocycles. The quantitative estimate of drug-likeness (QED) is 0.596. The van der Waals surface area contributed by atoms with Gasteiger partial charge in [0.05, 0.1) is 0 Å². The molecule has 0 radical (unpaired) electrons. The Kier molecular flexibility index (Phi) is 3.01. The molecule has 94 valence electrons. The molecule has 0 atom stereocenters. The molecule has 0 aromatic heterocycles. The minimum Gasteiger partial charge on any atom is -0.375 e. The van der Waals surface area contributed by atoms with Crippen molar-refractivity contribution in [3.63, 3.8) is 0 Å². The molecule has 7 heteroatoms. The van der Waals surface area contributed by atoms with Crippen LogP contribution in [-0.4, -0.2) is 55.1 Å². The predicted molar refractivity (Wildman–Crippen MR) is 57.1 cm³/mol. The second-order valence-electron chi connectivity index (χ2n) is 4.30. The van der Waals surface area contributed by atoms with E-state index in [4.69, 9.17) is 4.74 Å². The summed E-state index contributed by atoms with van der Waals surface area (Å²) < 4.78 is 4.77. The summed E-state index contributed by atoms with van der Waals surface area (Å²) in [5, 5.41) is 4.87. The molecule has 2 heterocycles. The molecule has 2 saturated heterocycles. The maximum atomic E-state index is 11.6. The highest BCUT2D eigenvalue weighted by Gasteiger charge is 2.48. The summed E-state index contributed by atoms with van der Waals surface area (Å²) in [6.07, 6.45) is 0.889. The van der Waals surface area contributed by atoms with E-state index < -0.39 is 11.6 Å². The number of carbonyl (C=O) groups excluding carboxylic acids is 3. The van der Waals surface area contributed by atoms with E-state index >= 15 is 0 Å². The fraction of sp³-hybridized carbons (Fsp3) is 0.700. The Morgan fingerprint density at radius 3 is 2.53 bits per heavy atom. The number of carbonyl (C=O) groups is 3. The van der Waals surface area contributed by atoms with E-state index in [-0.39, 0.29) is 18.4 Å². The van der Waals surface area contributed by atoms with E-state index in [9.17, 15) is 14.4 Å².